The number of para-hydroxylation sites is 1. The fraction of sp³-hybridized carbons (Fsp3) is 0.200. The van der Waals surface area contributed by atoms with Crippen LogP contribution in [-0.4, -0.2) is 11.1 Å². The Balaban J connectivity index is 1.95. The average Bonchev–Trinajstić information content (AvgIpc) is 2.70. The minimum Gasteiger partial charge on any atom is -0.480 e. The molecule has 0 saturated carbocycles. The van der Waals surface area contributed by atoms with Gasteiger partial charge in [0, 0.05) is 10.4 Å². The number of halogens is 1. The summed E-state index contributed by atoms with van der Waals surface area (Å²) in [7, 11) is 0. The molecule has 1 atom stereocenters. The summed E-state index contributed by atoms with van der Waals surface area (Å²) in [6.45, 7) is 3.59. The fourth-order valence-corrected chi connectivity index (χ4v) is 3.88. The highest BCUT2D eigenvalue weighted by Crippen LogP contribution is 2.45. The van der Waals surface area contributed by atoms with E-state index in [1.54, 1.807) is 38.1 Å². The molecule has 0 spiro atoms. The molecule has 0 aromatic heterocycles. The lowest BCUT2D eigenvalue weighted by molar-refractivity contribution is -0.145. The number of benzene rings is 3. The zero-order valence-electron chi connectivity index (χ0n) is 16.8. The molecular weight excluding hydrogens is 398 g/mol. The third kappa shape index (κ3) is 4.17. The topological polar surface area (TPSA) is 70.3 Å². The summed E-state index contributed by atoms with van der Waals surface area (Å²) in [5, 5.41) is 20.7. The maximum Gasteiger partial charge on any atom is 0.329 e. The largest absolute Gasteiger partial charge is 0.480 e. The van der Waals surface area contributed by atoms with Gasteiger partial charge in [-0.1, -0.05) is 67.9 Å². The molecule has 0 heterocycles. The number of ether oxygens (including phenoxy) is 1. The number of hydrogen-bond acceptors (Lipinski definition) is 3. The Labute approximate surface area is 181 Å². The Morgan fingerprint density at radius 2 is 1.63 bits per heavy atom. The van der Waals surface area contributed by atoms with E-state index in [9.17, 15) is 15.2 Å². The molecule has 30 heavy (non-hydrogen) atoms. The number of carbonyl (C=O) groups is 1. The molecule has 152 valence electrons. The molecule has 0 radical (unpaired) electrons. The van der Waals surface area contributed by atoms with Crippen LogP contribution in [0, 0.1) is 16.7 Å². The van der Waals surface area contributed by atoms with Crippen molar-refractivity contribution in [2.45, 2.75) is 25.7 Å². The van der Waals surface area contributed by atoms with Crippen LogP contribution >= 0.6 is 11.6 Å². The van der Waals surface area contributed by atoms with Gasteiger partial charge in [-0.25, -0.2) is 0 Å². The summed E-state index contributed by atoms with van der Waals surface area (Å²) in [4.78, 5) is 12.4. The Morgan fingerprint density at radius 1 is 1.00 bits per heavy atom. The molecular formula is C25H22ClNO3. The number of nitriles is 1. The molecule has 0 aliphatic heterocycles. The molecule has 0 bridgehead atoms. The van der Waals surface area contributed by atoms with Gasteiger partial charge in [0.05, 0.1) is 6.07 Å². The van der Waals surface area contributed by atoms with Crippen molar-refractivity contribution in [2.75, 3.05) is 0 Å². The number of hydrogen-bond donors (Lipinski definition) is 1. The van der Waals surface area contributed by atoms with Crippen LogP contribution in [0.4, 0.5) is 0 Å². The van der Waals surface area contributed by atoms with Crippen LogP contribution in [0.15, 0.2) is 78.9 Å². The first-order valence-electron chi connectivity index (χ1n) is 9.51. The van der Waals surface area contributed by atoms with Gasteiger partial charge in [0.1, 0.15) is 11.5 Å². The van der Waals surface area contributed by atoms with Gasteiger partial charge in [-0.15, -0.1) is 0 Å². The number of carboxylic acids is 1. The van der Waals surface area contributed by atoms with Gasteiger partial charge in [0.2, 0.25) is 0 Å². The molecule has 5 heteroatoms. The molecule has 3 aromatic carbocycles. The van der Waals surface area contributed by atoms with E-state index in [1.807, 2.05) is 54.6 Å². The Bertz CT molecular complexity index is 1070. The first-order valence-corrected chi connectivity index (χ1v) is 9.89. The number of aliphatic carboxylic acids is 1. The van der Waals surface area contributed by atoms with Crippen LogP contribution in [0.5, 0.6) is 11.5 Å². The zero-order valence-corrected chi connectivity index (χ0v) is 17.6. The minimum absolute atomic E-state index is 0.363. The summed E-state index contributed by atoms with van der Waals surface area (Å²) in [5.41, 5.74) is -1.38. The van der Waals surface area contributed by atoms with Gasteiger partial charge < -0.3 is 9.84 Å². The SMILES string of the molecule is CC(C)(Cc1cccc(Oc2ccccc2)c1)[C@](C#N)(C(=O)O)c1ccc(Cl)cc1. The van der Waals surface area contributed by atoms with E-state index in [0.717, 1.165) is 5.56 Å². The lowest BCUT2D eigenvalue weighted by Crippen LogP contribution is -2.48. The third-order valence-corrected chi connectivity index (χ3v) is 5.56. The van der Waals surface area contributed by atoms with E-state index in [4.69, 9.17) is 16.3 Å². The zero-order chi connectivity index (χ0) is 21.8. The molecule has 0 fully saturated rings. The van der Waals surface area contributed by atoms with Crippen molar-refractivity contribution in [3.05, 3.63) is 95.0 Å². The van der Waals surface area contributed by atoms with Crippen LogP contribution in [-0.2, 0) is 16.6 Å². The van der Waals surface area contributed by atoms with Crippen LogP contribution in [0.1, 0.15) is 25.0 Å². The fourth-order valence-electron chi connectivity index (χ4n) is 3.75. The predicted molar refractivity (Wildman–Crippen MR) is 117 cm³/mol. The molecule has 3 rings (SSSR count). The number of carboxylic acid groups (broad SMARTS) is 1. The van der Waals surface area contributed by atoms with Gasteiger partial charge >= 0.3 is 5.97 Å². The van der Waals surface area contributed by atoms with Crippen molar-refractivity contribution < 1.29 is 14.6 Å². The maximum atomic E-state index is 12.4. The average molecular weight is 420 g/mol. The van der Waals surface area contributed by atoms with E-state index in [0.29, 0.717) is 28.5 Å². The van der Waals surface area contributed by atoms with E-state index >= 15 is 0 Å². The second-order valence-corrected chi connectivity index (χ2v) is 8.23. The Morgan fingerprint density at radius 3 is 2.23 bits per heavy atom. The van der Waals surface area contributed by atoms with E-state index < -0.39 is 16.8 Å². The van der Waals surface area contributed by atoms with Gasteiger partial charge in [-0.05, 0) is 53.9 Å². The van der Waals surface area contributed by atoms with Crippen molar-refractivity contribution in [3.8, 4) is 17.6 Å². The van der Waals surface area contributed by atoms with Crippen LogP contribution < -0.4 is 4.74 Å². The van der Waals surface area contributed by atoms with Crippen molar-refractivity contribution >= 4 is 17.6 Å². The van der Waals surface area contributed by atoms with E-state index in [1.165, 1.54) is 0 Å². The lowest BCUT2D eigenvalue weighted by atomic mass is 9.60. The molecule has 3 aromatic rings. The minimum atomic E-state index is -1.74. The highest BCUT2D eigenvalue weighted by Gasteiger charge is 2.53. The highest BCUT2D eigenvalue weighted by atomic mass is 35.5. The van der Waals surface area contributed by atoms with Crippen molar-refractivity contribution in [3.63, 3.8) is 0 Å². The van der Waals surface area contributed by atoms with Crippen LogP contribution in [0.25, 0.3) is 0 Å². The molecule has 0 unspecified atom stereocenters. The summed E-state index contributed by atoms with van der Waals surface area (Å²) in [6, 6.07) is 25.4. The van der Waals surface area contributed by atoms with Crippen LogP contribution in [0.2, 0.25) is 5.02 Å². The summed E-state index contributed by atoms with van der Waals surface area (Å²) in [5.74, 6) is 0.180. The van der Waals surface area contributed by atoms with Gasteiger partial charge in [-0.2, -0.15) is 5.26 Å². The summed E-state index contributed by atoms with van der Waals surface area (Å²) in [6.07, 6.45) is 0.363. The second kappa shape index (κ2) is 8.61. The maximum absolute atomic E-state index is 12.4. The normalized spacial score (nSPS) is 13.1. The first kappa shape index (κ1) is 21.4. The van der Waals surface area contributed by atoms with Gasteiger partial charge in [0.15, 0.2) is 5.41 Å². The van der Waals surface area contributed by atoms with Gasteiger partial charge in [-0.3, -0.25) is 4.79 Å². The number of nitrogens with zero attached hydrogens (tertiary/aromatic N) is 1. The Kier molecular flexibility index (Phi) is 6.14. The second-order valence-electron chi connectivity index (χ2n) is 7.80. The molecule has 0 saturated heterocycles. The van der Waals surface area contributed by atoms with Crippen molar-refractivity contribution in [2.24, 2.45) is 5.41 Å². The molecule has 1 N–H and O–H groups in total. The molecule has 4 nitrogen and oxygen atoms in total. The van der Waals surface area contributed by atoms with Crippen LogP contribution in [0.3, 0.4) is 0 Å². The van der Waals surface area contributed by atoms with Gasteiger partial charge in [0.25, 0.3) is 0 Å². The quantitative estimate of drug-likeness (QED) is 0.491. The van der Waals surface area contributed by atoms with Crippen molar-refractivity contribution in [1.82, 2.24) is 0 Å². The van der Waals surface area contributed by atoms with E-state index in [2.05, 4.69) is 6.07 Å². The first-order chi connectivity index (χ1) is 14.3. The highest BCUT2D eigenvalue weighted by molar-refractivity contribution is 6.30. The molecule has 0 aliphatic rings. The van der Waals surface area contributed by atoms with E-state index in [-0.39, 0.29) is 0 Å². The molecule has 0 amide bonds. The van der Waals surface area contributed by atoms with Crippen molar-refractivity contribution in [1.29, 1.82) is 5.26 Å². The summed E-state index contributed by atoms with van der Waals surface area (Å²) >= 11 is 5.97. The smallest absolute Gasteiger partial charge is 0.329 e. The monoisotopic (exact) mass is 419 g/mol. The number of rotatable bonds is 7. The predicted octanol–water partition coefficient (Wildman–Crippen LogP) is 6.25. The third-order valence-electron chi connectivity index (χ3n) is 5.30. The summed E-state index contributed by atoms with van der Waals surface area (Å²) < 4.78 is 5.89. The Hall–Kier alpha value is -3.29. The standard InChI is InChI=1S/C25H22ClNO3/c1-24(2,25(17-27,23(28)29)19-11-13-20(26)14-12-19)16-18-7-6-10-22(15-18)30-21-8-4-3-5-9-21/h3-15H,16H2,1-2H3,(H,28,29)/t25-/m0/s1. The lowest BCUT2D eigenvalue weighted by Gasteiger charge is -2.39. The molecule has 0 aliphatic carbocycles.